The molecule has 3 heteroatoms. The van der Waals surface area contributed by atoms with Crippen molar-refractivity contribution in [3.8, 4) is 5.75 Å². The molecule has 1 aromatic rings. The number of likely N-dealkylation sites (N-methyl/N-ethyl adjacent to an activating group) is 1. The van der Waals surface area contributed by atoms with Crippen LogP contribution in [0.15, 0.2) is 18.2 Å². The average Bonchev–Trinajstić information content (AvgIpc) is 3.00. The molecule has 0 amide bonds. The van der Waals surface area contributed by atoms with Gasteiger partial charge in [0.05, 0.1) is 6.10 Å². The number of rotatable bonds is 6. The van der Waals surface area contributed by atoms with Gasteiger partial charge >= 0.3 is 0 Å². The van der Waals surface area contributed by atoms with Gasteiger partial charge < -0.3 is 14.7 Å². The summed E-state index contributed by atoms with van der Waals surface area (Å²) in [6.07, 6.45) is 7.04. The van der Waals surface area contributed by atoms with Crippen molar-refractivity contribution < 1.29 is 9.84 Å². The highest BCUT2D eigenvalue weighted by Crippen LogP contribution is 2.60. The summed E-state index contributed by atoms with van der Waals surface area (Å²) in [7, 11) is 0. The van der Waals surface area contributed by atoms with Gasteiger partial charge in [-0.15, -0.1) is 0 Å². The first kappa shape index (κ1) is 19.3. The van der Waals surface area contributed by atoms with E-state index in [1.54, 1.807) is 5.56 Å². The molecule has 3 aliphatic carbocycles. The Morgan fingerprint density at radius 3 is 2.74 bits per heavy atom. The van der Waals surface area contributed by atoms with E-state index in [9.17, 15) is 5.11 Å². The van der Waals surface area contributed by atoms with E-state index in [2.05, 4.69) is 43.9 Å². The monoisotopic (exact) mass is 371 g/mol. The Morgan fingerprint density at radius 1 is 1.15 bits per heavy atom. The maximum Gasteiger partial charge on any atom is 0.119 e. The molecule has 0 aliphatic heterocycles. The fourth-order valence-electron chi connectivity index (χ4n) is 6.45. The Kier molecular flexibility index (Phi) is 5.53. The van der Waals surface area contributed by atoms with Crippen molar-refractivity contribution in [2.24, 2.45) is 17.3 Å². The summed E-state index contributed by atoms with van der Waals surface area (Å²) in [5.74, 6) is 3.21. The number of fused-ring (bicyclic) bond motifs is 5. The molecule has 0 heterocycles. The van der Waals surface area contributed by atoms with Crippen molar-refractivity contribution in [2.45, 2.75) is 71.3 Å². The molecular weight excluding hydrogens is 334 g/mol. The van der Waals surface area contributed by atoms with Crippen LogP contribution in [0.5, 0.6) is 5.75 Å². The number of aryl methyl sites for hydroxylation is 1. The molecule has 27 heavy (non-hydrogen) atoms. The highest BCUT2D eigenvalue weighted by atomic mass is 16.5. The van der Waals surface area contributed by atoms with Crippen LogP contribution in [0.1, 0.15) is 69.9 Å². The second-order valence-electron chi connectivity index (χ2n) is 9.29. The van der Waals surface area contributed by atoms with Crippen LogP contribution in [0.2, 0.25) is 0 Å². The number of nitrogens with zero attached hydrogens (tertiary/aromatic N) is 1. The summed E-state index contributed by atoms with van der Waals surface area (Å²) in [5.41, 5.74) is 3.26. The Hall–Kier alpha value is -1.06. The highest BCUT2D eigenvalue weighted by Gasteiger charge is 2.54. The number of aliphatic hydroxyl groups is 1. The van der Waals surface area contributed by atoms with Gasteiger partial charge in [-0.3, -0.25) is 0 Å². The summed E-state index contributed by atoms with van der Waals surface area (Å²) in [6, 6.07) is 6.86. The van der Waals surface area contributed by atoms with E-state index in [-0.39, 0.29) is 11.5 Å². The van der Waals surface area contributed by atoms with E-state index < -0.39 is 0 Å². The van der Waals surface area contributed by atoms with Crippen molar-refractivity contribution >= 4 is 0 Å². The molecule has 0 radical (unpaired) electrons. The van der Waals surface area contributed by atoms with Crippen LogP contribution in [0, 0.1) is 17.3 Å². The third-order valence-electron chi connectivity index (χ3n) is 8.22. The van der Waals surface area contributed by atoms with Crippen LogP contribution in [0.3, 0.4) is 0 Å². The van der Waals surface area contributed by atoms with Gasteiger partial charge in [-0.1, -0.05) is 26.8 Å². The fourth-order valence-corrected chi connectivity index (χ4v) is 6.45. The second-order valence-corrected chi connectivity index (χ2v) is 9.29. The van der Waals surface area contributed by atoms with Crippen molar-refractivity contribution in [1.82, 2.24) is 4.90 Å². The van der Waals surface area contributed by atoms with Crippen LogP contribution in [-0.4, -0.2) is 42.4 Å². The Labute approximate surface area is 165 Å². The van der Waals surface area contributed by atoms with Crippen LogP contribution in [0.25, 0.3) is 0 Å². The largest absolute Gasteiger partial charge is 0.492 e. The molecule has 3 nitrogen and oxygen atoms in total. The summed E-state index contributed by atoms with van der Waals surface area (Å²) < 4.78 is 6.07. The number of benzene rings is 1. The van der Waals surface area contributed by atoms with E-state index in [4.69, 9.17) is 4.74 Å². The normalized spacial score (nSPS) is 34.9. The van der Waals surface area contributed by atoms with Crippen LogP contribution in [-0.2, 0) is 6.42 Å². The van der Waals surface area contributed by atoms with E-state index >= 15 is 0 Å². The van der Waals surface area contributed by atoms with Crippen molar-refractivity contribution in [3.05, 3.63) is 29.3 Å². The zero-order chi connectivity index (χ0) is 19.0. The number of ether oxygens (including phenoxy) is 1. The molecule has 3 unspecified atom stereocenters. The van der Waals surface area contributed by atoms with Crippen molar-refractivity contribution in [2.75, 3.05) is 26.2 Å². The topological polar surface area (TPSA) is 32.7 Å². The zero-order valence-corrected chi connectivity index (χ0v) is 17.4. The van der Waals surface area contributed by atoms with Gasteiger partial charge in [-0.25, -0.2) is 0 Å². The Morgan fingerprint density at radius 2 is 1.96 bits per heavy atom. The SMILES string of the molecule is CCN(CC)CCOc1ccc2c(c1)CCC1C2CC[C@@]2(C)C1CC[C@@H]2O. The Balaban J connectivity index is 1.45. The molecule has 150 valence electrons. The van der Waals surface area contributed by atoms with Gasteiger partial charge in [0.15, 0.2) is 0 Å². The summed E-state index contributed by atoms with van der Waals surface area (Å²) in [6.45, 7) is 10.7. The summed E-state index contributed by atoms with van der Waals surface area (Å²) >= 11 is 0. The fraction of sp³-hybridized carbons (Fsp3) is 0.750. The maximum atomic E-state index is 10.5. The molecule has 0 spiro atoms. The number of aliphatic hydroxyl groups excluding tert-OH is 1. The standard InChI is InChI=1S/C24H37NO2/c1-4-25(5-2)14-15-27-18-7-9-19-17(16-18)6-8-21-20(19)12-13-24(3)22(21)10-11-23(24)26/h7,9,16,20-23,26H,4-6,8,10-15H2,1-3H3/t20?,21?,22?,23-,24-/m0/s1. The minimum atomic E-state index is -0.0774. The van der Waals surface area contributed by atoms with Gasteiger partial charge in [0.1, 0.15) is 12.4 Å². The first-order valence-corrected chi connectivity index (χ1v) is 11.2. The lowest BCUT2D eigenvalue weighted by Gasteiger charge is -2.50. The molecule has 0 aromatic heterocycles. The summed E-state index contributed by atoms with van der Waals surface area (Å²) in [4.78, 5) is 2.40. The zero-order valence-electron chi connectivity index (χ0n) is 17.4. The van der Waals surface area contributed by atoms with Crippen molar-refractivity contribution in [3.63, 3.8) is 0 Å². The lowest BCUT2D eigenvalue weighted by Crippen LogP contribution is -2.43. The van der Waals surface area contributed by atoms with Gasteiger partial charge in [0, 0.05) is 6.54 Å². The molecule has 4 rings (SSSR count). The molecule has 1 N–H and O–H groups in total. The predicted octanol–water partition coefficient (Wildman–Crippen LogP) is 4.62. The predicted molar refractivity (Wildman–Crippen MR) is 110 cm³/mol. The minimum Gasteiger partial charge on any atom is -0.492 e. The van der Waals surface area contributed by atoms with E-state index in [0.29, 0.717) is 11.8 Å². The molecule has 1 aromatic carbocycles. The molecule has 0 saturated heterocycles. The molecule has 2 fully saturated rings. The van der Waals surface area contributed by atoms with Gasteiger partial charge in [-0.05, 0) is 98.0 Å². The Bertz CT molecular complexity index is 656. The van der Waals surface area contributed by atoms with Gasteiger partial charge in [-0.2, -0.15) is 0 Å². The molecule has 5 atom stereocenters. The van der Waals surface area contributed by atoms with Crippen LogP contribution in [0.4, 0.5) is 0 Å². The van der Waals surface area contributed by atoms with Crippen LogP contribution < -0.4 is 4.74 Å². The number of hydrogen-bond donors (Lipinski definition) is 1. The first-order chi connectivity index (χ1) is 13.1. The first-order valence-electron chi connectivity index (χ1n) is 11.2. The van der Waals surface area contributed by atoms with Crippen LogP contribution >= 0.6 is 0 Å². The molecular formula is C24H37NO2. The lowest BCUT2D eigenvalue weighted by atomic mass is 9.55. The molecule has 0 bridgehead atoms. The quantitative estimate of drug-likeness (QED) is 0.792. The van der Waals surface area contributed by atoms with Crippen molar-refractivity contribution in [1.29, 1.82) is 0 Å². The van der Waals surface area contributed by atoms with Gasteiger partial charge in [0.2, 0.25) is 0 Å². The molecule has 3 aliphatic rings. The summed E-state index contributed by atoms with van der Waals surface area (Å²) in [5, 5.41) is 10.5. The average molecular weight is 372 g/mol. The van der Waals surface area contributed by atoms with E-state index in [1.807, 2.05) is 0 Å². The molecule has 2 saturated carbocycles. The third-order valence-corrected chi connectivity index (χ3v) is 8.22. The smallest absolute Gasteiger partial charge is 0.119 e. The minimum absolute atomic E-state index is 0.0774. The van der Waals surface area contributed by atoms with E-state index in [0.717, 1.165) is 44.3 Å². The van der Waals surface area contributed by atoms with Gasteiger partial charge in [0.25, 0.3) is 0 Å². The lowest BCUT2D eigenvalue weighted by molar-refractivity contribution is -0.0226. The second kappa shape index (κ2) is 7.75. The van der Waals surface area contributed by atoms with E-state index in [1.165, 1.54) is 37.7 Å². The highest BCUT2D eigenvalue weighted by molar-refractivity contribution is 5.40. The maximum absolute atomic E-state index is 10.5. The number of hydrogen-bond acceptors (Lipinski definition) is 3. The third kappa shape index (κ3) is 3.42.